The second kappa shape index (κ2) is 14.0. The largest absolute Gasteiger partial charge is 0.493 e. The lowest BCUT2D eigenvalue weighted by Crippen LogP contribution is -2.21. The number of allylic oxidation sites excluding steroid dienone is 1. The van der Waals surface area contributed by atoms with E-state index in [1.807, 2.05) is 12.1 Å². The molecule has 0 aliphatic rings. The maximum absolute atomic E-state index is 9.10. The number of carboxylic acid groups (broad SMARTS) is 2. The first kappa shape index (κ1) is 22.6. The summed E-state index contributed by atoms with van der Waals surface area (Å²) >= 11 is 0. The molecule has 25 heavy (non-hydrogen) atoms. The van der Waals surface area contributed by atoms with Gasteiger partial charge < -0.3 is 25.0 Å². The van der Waals surface area contributed by atoms with Crippen molar-refractivity contribution in [3.63, 3.8) is 0 Å². The topological polar surface area (TPSA) is 105 Å². The van der Waals surface area contributed by atoms with Crippen LogP contribution in [0.2, 0.25) is 0 Å². The number of hydrogen-bond donors (Lipinski definition) is 3. The van der Waals surface area contributed by atoms with E-state index < -0.39 is 11.9 Å². The van der Waals surface area contributed by atoms with Crippen LogP contribution in [0.1, 0.15) is 17.5 Å². The van der Waals surface area contributed by atoms with Crippen molar-refractivity contribution in [2.75, 3.05) is 33.4 Å². The minimum Gasteiger partial charge on any atom is -0.493 e. The van der Waals surface area contributed by atoms with Crippen molar-refractivity contribution in [1.29, 1.82) is 0 Å². The molecule has 0 saturated heterocycles. The Labute approximate surface area is 148 Å². The summed E-state index contributed by atoms with van der Waals surface area (Å²) in [5.41, 5.74) is 2.47. The normalized spacial score (nSPS) is 9.68. The van der Waals surface area contributed by atoms with Crippen molar-refractivity contribution in [3.8, 4) is 5.75 Å². The number of aryl methyl sites for hydroxylation is 1. The first-order chi connectivity index (χ1) is 11.9. The van der Waals surface area contributed by atoms with Gasteiger partial charge in [0.15, 0.2) is 0 Å². The molecule has 0 aromatic heterocycles. The minimum absolute atomic E-state index is 0.729. The fourth-order valence-electron chi connectivity index (χ4n) is 1.84. The van der Waals surface area contributed by atoms with E-state index in [4.69, 9.17) is 29.3 Å². The summed E-state index contributed by atoms with van der Waals surface area (Å²) in [6.45, 7) is 9.20. The van der Waals surface area contributed by atoms with Gasteiger partial charge in [-0.15, -0.1) is 6.58 Å². The molecule has 0 bridgehead atoms. The van der Waals surface area contributed by atoms with Crippen LogP contribution in [-0.4, -0.2) is 55.6 Å². The molecular formula is C18H27NO6. The predicted octanol–water partition coefficient (Wildman–Crippen LogP) is 1.88. The Morgan fingerprint density at radius 1 is 1.20 bits per heavy atom. The highest BCUT2D eigenvalue weighted by molar-refractivity contribution is 6.27. The van der Waals surface area contributed by atoms with Crippen molar-refractivity contribution in [1.82, 2.24) is 5.32 Å². The highest BCUT2D eigenvalue weighted by Gasteiger charge is 2.04. The Balaban J connectivity index is 0.000000823. The second-order valence-corrected chi connectivity index (χ2v) is 5.16. The molecule has 0 atom stereocenters. The molecule has 0 amide bonds. The molecule has 0 heterocycles. The fraction of sp³-hybridized carbons (Fsp3) is 0.444. The lowest BCUT2D eigenvalue weighted by Gasteiger charge is -2.11. The highest BCUT2D eigenvalue weighted by Crippen LogP contribution is 2.21. The molecule has 0 aliphatic heterocycles. The van der Waals surface area contributed by atoms with Crippen molar-refractivity contribution in [2.45, 2.75) is 19.8 Å². The van der Waals surface area contributed by atoms with Gasteiger partial charge in [-0.05, 0) is 37.9 Å². The van der Waals surface area contributed by atoms with E-state index in [0.717, 1.165) is 44.9 Å². The first-order valence-electron chi connectivity index (χ1n) is 7.91. The van der Waals surface area contributed by atoms with Gasteiger partial charge in [0.25, 0.3) is 0 Å². The molecule has 1 aromatic carbocycles. The number of methoxy groups -OCH3 is 1. The van der Waals surface area contributed by atoms with Crippen molar-refractivity contribution < 1.29 is 29.3 Å². The number of nitrogens with one attached hydrogen (secondary N) is 1. The quantitative estimate of drug-likeness (QED) is 0.335. The van der Waals surface area contributed by atoms with Crippen LogP contribution in [0.3, 0.4) is 0 Å². The van der Waals surface area contributed by atoms with Crippen LogP contribution >= 0.6 is 0 Å². The van der Waals surface area contributed by atoms with Gasteiger partial charge >= 0.3 is 11.9 Å². The number of ether oxygens (including phenoxy) is 2. The van der Waals surface area contributed by atoms with Gasteiger partial charge in [-0.25, -0.2) is 9.59 Å². The van der Waals surface area contributed by atoms with E-state index >= 15 is 0 Å². The molecule has 7 heteroatoms. The van der Waals surface area contributed by atoms with Crippen LogP contribution < -0.4 is 10.1 Å². The Morgan fingerprint density at radius 3 is 2.44 bits per heavy atom. The predicted molar refractivity (Wildman–Crippen MR) is 95.2 cm³/mol. The van der Waals surface area contributed by atoms with E-state index in [1.165, 1.54) is 11.1 Å². The molecule has 7 nitrogen and oxygen atoms in total. The molecule has 0 radical (unpaired) electrons. The van der Waals surface area contributed by atoms with E-state index in [0.29, 0.717) is 0 Å². The van der Waals surface area contributed by atoms with Gasteiger partial charge in [-0.3, -0.25) is 0 Å². The third-order valence-corrected chi connectivity index (χ3v) is 3.00. The van der Waals surface area contributed by atoms with Crippen molar-refractivity contribution >= 4 is 11.9 Å². The smallest absolute Gasteiger partial charge is 0.414 e. The molecule has 0 saturated carbocycles. The van der Waals surface area contributed by atoms with Crippen LogP contribution in [-0.2, 0) is 20.7 Å². The average Bonchev–Trinajstić information content (AvgIpc) is 2.56. The van der Waals surface area contributed by atoms with Crippen LogP contribution in [0.15, 0.2) is 30.9 Å². The van der Waals surface area contributed by atoms with E-state index in [1.54, 1.807) is 7.11 Å². The molecule has 0 aliphatic carbocycles. The zero-order chi connectivity index (χ0) is 19.1. The Kier molecular flexibility index (Phi) is 12.7. The summed E-state index contributed by atoms with van der Waals surface area (Å²) in [6, 6.07) is 6.29. The highest BCUT2D eigenvalue weighted by atomic mass is 16.5. The number of hydrogen-bond acceptors (Lipinski definition) is 5. The SMILES string of the molecule is C=CCc1cc(C)ccc1OCCCNCCOC.O=C(O)C(=O)O. The van der Waals surface area contributed by atoms with Gasteiger partial charge in [0.2, 0.25) is 0 Å². The third-order valence-electron chi connectivity index (χ3n) is 3.00. The van der Waals surface area contributed by atoms with Crippen molar-refractivity contribution in [3.05, 3.63) is 42.0 Å². The number of carboxylic acids is 2. The first-order valence-corrected chi connectivity index (χ1v) is 7.91. The molecule has 140 valence electrons. The van der Waals surface area contributed by atoms with Crippen LogP contribution in [0, 0.1) is 6.92 Å². The standard InChI is InChI=1S/C16H25NO2.C2H2O4/c1-4-6-15-13-14(2)7-8-16(15)19-11-5-9-17-10-12-18-3;3-1(4)2(5)6/h4,7-8,13,17H,1,5-6,9-12H2,2-3H3;(H,3,4)(H,5,6). The van der Waals surface area contributed by atoms with Crippen LogP contribution in [0.25, 0.3) is 0 Å². The zero-order valence-corrected chi connectivity index (χ0v) is 14.8. The average molecular weight is 353 g/mol. The maximum Gasteiger partial charge on any atom is 0.414 e. The molecule has 1 rings (SSSR count). The van der Waals surface area contributed by atoms with Gasteiger partial charge in [0.1, 0.15) is 5.75 Å². The Morgan fingerprint density at radius 2 is 1.88 bits per heavy atom. The Bertz CT molecular complexity index is 532. The monoisotopic (exact) mass is 353 g/mol. The second-order valence-electron chi connectivity index (χ2n) is 5.16. The lowest BCUT2D eigenvalue weighted by atomic mass is 10.1. The number of carbonyl (C=O) groups is 2. The minimum atomic E-state index is -1.82. The molecule has 0 spiro atoms. The summed E-state index contributed by atoms with van der Waals surface area (Å²) in [7, 11) is 1.71. The summed E-state index contributed by atoms with van der Waals surface area (Å²) in [5.74, 6) is -2.67. The lowest BCUT2D eigenvalue weighted by molar-refractivity contribution is -0.159. The van der Waals surface area contributed by atoms with Gasteiger partial charge in [-0.1, -0.05) is 23.8 Å². The summed E-state index contributed by atoms with van der Waals surface area (Å²) in [4.78, 5) is 18.2. The fourth-order valence-corrected chi connectivity index (χ4v) is 1.84. The van der Waals surface area contributed by atoms with Gasteiger partial charge in [0, 0.05) is 13.7 Å². The van der Waals surface area contributed by atoms with Gasteiger partial charge in [-0.2, -0.15) is 0 Å². The molecule has 3 N–H and O–H groups in total. The van der Waals surface area contributed by atoms with E-state index in [2.05, 4.69) is 31.0 Å². The maximum atomic E-state index is 9.10. The summed E-state index contributed by atoms with van der Waals surface area (Å²) in [5, 5.41) is 18.1. The molecule has 1 aromatic rings. The van der Waals surface area contributed by atoms with E-state index in [9.17, 15) is 0 Å². The van der Waals surface area contributed by atoms with Gasteiger partial charge in [0.05, 0.1) is 13.2 Å². The zero-order valence-electron chi connectivity index (χ0n) is 14.8. The van der Waals surface area contributed by atoms with E-state index in [-0.39, 0.29) is 0 Å². The number of aliphatic carboxylic acids is 2. The number of rotatable bonds is 10. The molecular weight excluding hydrogens is 326 g/mol. The Hall–Kier alpha value is -2.38. The van der Waals surface area contributed by atoms with Crippen molar-refractivity contribution in [2.24, 2.45) is 0 Å². The third kappa shape index (κ3) is 11.7. The van der Waals surface area contributed by atoms with Crippen LogP contribution in [0.5, 0.6) is 5.75 Å². The summed E-state index contributed by atoms with van der Waals surface area (Å²) < 4.78 is 10.8. The molecule has 0 unspecified atom stereocenters. The van der Waals surface area contributed by atoms with Crippen LogP contribution in [0.4, 0.5) is 0 Å². The molecule has 0 fully saturated rings. The summed E-state index contributed by atoms with van der Waals surface area (Å²) in [6.07, 6.45) is 3.75. The number of benzene rings is 1.